The number of aliphatic imine (C=N–C) groups is 1. The lowest BCUT2D eigenvalue weighted by Gasteiger charge is -2.32. The number of nitro benzene ring substituents is 1. The fraction of sp³-hybridized carbons (Fsp3) is 0.471. The average Bonchev–Trinajstić information content (AvgIpc) is 2.60. The van der Waals surface area contributed by atoms with Crippen LogP contribution < -0.4 is 10.6 Å². The summed E-state index contributed by atoms with van der Waals surface area (Å²) in [5.74, 6) is 0.726. The van der Waals surface area contributed by atoms with E-state index >= 15 is 0 Å². The van der Waals surface area contributed by atoms with Crippen LogP contribution in [0.4, 0.5) is 5.69 Å². The fourth-order valence-corrected chi connectivity index (χ4v) is 2.80. The van der Waals surface area contributed by atoms with Gasteiger partial charge in [0.05, 0.1) is 4.92 Å². The summed E-state index contributed by atoms with van der Waals surface area (Å²) in [6, 6.07) is 7.02. The first-order valence-electron chi connectivity index (χ1n) is 8.16. The Morgan fingerprint density at radius 2 is 2.25 bits per heavy atom. The molecule has 0 unspecified atom stereocenters. The normalized spacial score (nSPS) is 16.6. The molecule has 1 fully saturated rings. The van der Waals surface area contributed by atoms with Gasteiger partial charge in [-0.3, -0.25) is 20.0 Å². The molecule has 0 bridgehead atoms. The van der Waals surface area contributed by atoms with Crippen molar-refractivity contribution in [1.29, 1.82) is 0 Å². The van der Waals surface area contributed by atoms with Crippen molar-refractivity contribution in [3.63, 3.8) is 0 Å². The maximum absolute atomic E-state index is 10.8. The number of nitrogens with one attached hydrogen (secondary N) is 2. The van der Waals surface area contributed by atoms with Gasteiger partial charge in [-0.15, -0.1) is 6.58 Å². The maximum Gasteiger partial charge on any atom is 0.269 e. The summed E-state index contributed by atoms with van der Waals surface area (Å²) >= 11 is 0. The number of likely N-dealkylation sites (tertiary alicyclic amines) is 1. The highest BCUT2D eigenvalue weighted by molar-refractivity contribution is 5.80. The van der Waals surface area contributed by atoms with E-state index in [2.05, 4.69) is 27.1 Å². The first-order chi connectivity index (χ1) is 11.6. The van der Waals surface area contributed by atoms with Gasteiger partial charge in [-0.1, -0.05) is 18.2 Å². The minimum atomic E-state index is -0.381. The van der Waals surface area contributed by atoms with Crippen LogP contribution >= 0.6 is 0 Å². The van der Waals surface area contributed by atoms with Gasteiger partial charge in [0.1, 0.15) is 0 Å². The number of hydrogen-bond acceptors (Lipinski definition) is 4. The van der Waals surface area contributed by atoms with Crippen molar-refractivity contribution in [3.05, 3.63) is 52.6 Å². The fourth-order valence-electron chi connectivity index (χ4n) is 2.80. The summed E-state index contributed by atoms with van der Waals surface area (Å²) in [5.41, 5.74) is 0.958. The molecule has 0 amide bonds. The van der Waals surface area contributed by atoms with E-state index < -0.39 is 0 Å². The molecule has 1 aromatic rings. The van der Waals surface area contributed by atoms with Crippen LogP contribution in [0.2, 0.25) is 0 Å². The smallest absolute Gasteiger partial charge is 0.269 e. The quantitative estimate of drug-likeness (QED) is 0.273. The minimum Gasteiger partial charge on any atom is -0.354 e. The SMILES string of the molecule is C=CCN1CCC(NC(=NC)NCc2cccc([N+](=O)[O-])c2)CC1. The van der Waals surface area contributed by atoms with Gasteiger partial charge in [-0.2, -0.15) is 0 Å². The average molecular weight is 331 g/mol. The van der Waals surface area contributed by atoms with Gasteiger partial charge in [0, 0.05) is 51.4 Å². The maximum atomic E-state index is 10.8. The van der Waals surface area contributed by atoms with Crippen LogP contribution in [-0.2, 0) is 6.54 Å². The Bertz CT molecular complexity index is 594. The Kier molecular flexibility index (Phi) is 6.74. The molecule has 2 N–H and O–H groups in total. The summed E-state index contributed by atoms with van der Waals surface area (Å²) < 4.78 is 0. The number of piperidine rings is 1. The van der Waals surface area contributed by atoms with Gasteiger partial charge < -0.3 is 10.6 Å². The second kappa shape index (κ2) is 9.02. The van der Waals surface area contributed by atoms with Crippen LogP contribution in [0.5, 0.6) is 0 Å². The van der Waals surface area contributed by atoms with E-state index in [1.54, 1.807) is 19.2 Å². The minimum absolute atomic E-state index is 0.104. The van der Waals surface area contributed by atoms with Crippen LogP contribution in [0.1, 0.15) is 18.4 Å². The van der Waals surface area contributed by atoms with Crippen molar-refractivity contribution in [2.75, 3.05) is 26.7 Å². The Morgan fingerprint density at radius 3 is 2.88 bits per heavy atom. The number of nitrogens with zero attached hydrogens (tertiary/aromatic N) is 3. The molecular weight excluding hydrogens is 306 g/mol. The molecule has 0 spiro atoms. The highest BCUT2D eigenvalue weighted by atomic mass is 16.6. The number of rotatable bonds is 6. The summed E-state index contributed by atoms with van der Waals surface area (Å²) in [6.45, 7) is 7.31. The summed E-state index contributed by atoms with van der Waals surface area (Å²) in [6.07, 6.45) is 4.06. The van der Waals surface area contributed by atoms with Gasteiger partial charge in [0.15, 0.2) is 5.96 Å². The van der Waals surface area contributed by atoms with Crippen LogP contribution in [-0.4, -0.2) is 48.5 Å². The molecule has 130 valence electrons. The molecule has 7 heteroatoms. The largest absolute Gasteiger partial charge is 0.354 e. The van der Waals surface area contributed by atoms with Crippen LogP contribution in [0.15, 0.2) is 41.9 Å². The van der Waals surface area contributed by atoms with Gasteiger partial charge >= 0.3 is 0 Å². The molecule has 24 heavy (non-hydrogen) atoms. The molecule has 1 aromatic carbocycles. The second-order valence-corrected chi connectivity index (χ2v) is 5.86. The molecule has 0 radical (unpaired) electrons. The summed E-state index contributed by atoms with van der Waals surface area (Å²) in [4.78, 5) is 17.1. The molecular formula is C17H25N5O2. The molecule has 0 atom stereocenters. The van der Waals surface area contributed by atoms with Crippen molar-refractivity contribution in [2.45, 2.75) is 25.4 Å². The van der Waals surface area contributed by atoms with Gasteiger partial charge in [0.25, 0.3) is 5.69 Å². The van der Waals surface area contributed by atoms with Crippen molar-refractivity contribution in [1.82, 2.24) is 15.5 Å². The molecule has 1 saturated heterocycles. The number of nitro groups is 1. The lowest BCUT2D eigenvalue weighted by molar-refractivity contribution is -0.384. The molecule has 1 aliphatic heterocycles. The zero-order chi connectivity index (χ0) is 17.4. The molecule has 1 aliphatic rings. The van der Waals surface area contributed by atoms with Crippen LogP contribution in [0, 0.1) is 10.1 Å². The predicted octanol–water partition coefficient (Wildman–Crippen LogP) is 1.91. The lowest BCUT2D eigenvalue weighted by Crippen LogP contribution is -2.48. The Morgan fingerprint density at radius 1 is 1.50 bits per heavy atom. The van der Waals surface area contributed by atoms with E-state index in [9.17, 15) is 10.1 Å². The lowest BCUT2D eigenvalue weighted by atomic mass is 10.1. The Hall–Kier alpha value is -2.41. The van der Waals surface area contributed by atoms with Crippen molar-refractivity contribution in [3.8, 4) is 0 Å². The van der Waals surface area contributed by atoms with E-state index in [1.165, 1.54) is 6.07 Å². The summed E-state index contributed by atoms with van der Waals surface area (Å²) in [5, 5.41) is 17.5. The number of guanidine groups is 1. The van der Waals surface area contributed by atoms with Gasteiger partial charge in [-0.05, 0) is 18.4 Å². The molecule has 7 nitrogen and oxygen atoms in total. The zero-order valence-corrected chi connectivity index (χ0v) is 14.1. The molecule has 0 aromatic heterocycles. The van der Waals surface area contributed by atoms with Crippen LogP contribution in [0.3, 0.4) is 0 Å². The van der Waals surface area contributed by atoms with E-state index in [1.807, 2.05) is 12.1 Å². The van der Waals surface area contributed by atoms with E-state index in [-0.39, 0.29) is 10.6 Å². The van der Waals surface area contributed by atoms with Gasteiger partial charge in [0.2, 0.25) is 0 Å². The number of non-ortho nitro benzene ring substituents is 1. The first kappa shape index (κ1) is 17.9. The summed E-state index contributed by atoms with van der Waals surface area (Å²) in [7, 11) is 1.73. The molecule has 0 aliphatic carbocycles. The van der Waals surface area contributed by atoms with Gasteiger partial charge in [-0.25, -0.2) is 0 Å². The highest BCUT2D eigenvalue weighted by Gasteiger charge is 2.19. The van der Waals surface area contributed by atoms with Crippen molar-refractivity contribution >= 4 is 11.6 Å². The van der Waals surface area contributed by atoms with Crippen molar-refractivity contribution < 1.29 is 4.92 Å². The third kappa shape index (κ3) is 5.34. The standard InChI is InChI=1S/C17H25N5O2/c1-3-9-21-10-7-15(8-11-21)20-17(18-2)19-13-14-5-4-6-16(12-14)22(23)24/h3-6,12,15H,1,7-11,13H2,2H3,(H2,18,19,20). The zero-order valence-electron chi connectivity index (χ0n) is 14.1. The van der Waals surface area contributed by atoms with E-state index in [0.29, 0.717) is 12.6 Å². The van der Waals surface area contributed by atoms with E-state index in [0.717, 1.165) is 44.0 Å². The predicted molar refractivity (Wildman–Crippen MR) is 96.1 cm³/mol. The topological polar surface area (TPSA) is 82.8 Å². The first-order valence-corrected chi connectivity index (χ1v) is 8.16. The molecule has 0 saturated carbocycles. The second-order valence-electron chi connectivity index (χ2n) is 5.86. The Balaban J connectivity index is 1.82. The Labute approximate surface area is 142 Å². The molecule has 1 heterocycles. The number of hydrogen-bond donors (Lipinski definition) is 2. The number of benzene rings is 1. The van der Waals surface area contributed by atoms with E-state index in [4.69, 9.17) is 0 Å². The highest BCUT2D eigenvalue weighted by Crippen LogP contribution is 2.13. The van der Waals surface area contributed by atoms with Crippen LogP contribution in [0.25, 0.3) is 0 Å². The monoisotopic (exact) mass is 331 g/mol. The third-order valence-electron chi connectivity index (χ3n) is 4.12. The van der Waals surface area contributed by atoms with Crippen molar-refractivity contribution in [2.24, 2.45) is 4.99 Å². The molecule has 2 rings (SSSR count). The third-order valence-corrected chi connectivity index (χ3v) is 4.12.